The number of thioether (sulfide) groups is 1. The molecule has 0 saturated heterocycles. The summed E-state index contributed by atoms with van der Waals surface area (Å²) in [4.78, 5) is 1.10. The molecule has 100 valence electrons. The largest absolute Gasteiger partial charge is 1.00 e. The standard InChI is InChI=1S/C17H13NOS.2K/c1-10-7-11(2)12-9-15(19-14(12)8-10)17-18-13-5-3-4-6-16(13)20-17;;/h3-4,7-9,17-18H,1-2H3;;/q-2;2*+1. The fourth-order valence-electron chi connectivity index (χ4n) is 2.62. The SMILES string of the molecule is Cc1cc(C)c2cc(C3Nc4[c-]cc[c-]c4S3)oc2c1.[K+].[K+]. The van der Waals surface area contributed by atoms with Crippen molar-refractivity contribution in [1.82, 2.24) is 0 Å². The van der Waals surface area contributed by atoms with Crippen LogP contribution in [0.5, 0.6) is 0 Å². The Labute approximate surface area is 220 Å². The zero-order chi connectivity index (χ0) is 13.7. The normalized spacial score (nSPS) is 15.6. The molecule has 0 spiro atoms. The molecule has 1 aliphatic rings. The van der Waals surface area contributed by atoms with Gasteiger partial charge in [0.05, 0.1) is 0 Å². The molecule has 0 saturated carbocycles. The summed E-state index contributed by atoms with van der Waals surface area (Å²) in [6.45, 7) is 4.22. The van der Waals surface area contributed by atoms with E-state index in [1.54, 1.807) is 11.8 Å². The molecule has 0 radical (unpaired) electrons. The van der Waals surface area contributed by atoms with Gasteiger partial charge in [-0.3, -0.25) is 18.2 Å². The summed E-state index contributed by atoms with van der Waals surface area (Å²) in [6.07, 6.45) is 0. The fraction of sp³-hybridized carbons (Fsp3) is 0.176. The molecule has 0 amide bonds. The van der Waals surface area contributed by atoms with Crippen LogP contribution in [0.1, 0.15) is 22.3 Å². The number of furan rings is 1. The second-order valence-corrected chi connectivity index (χ2v) is 6.23. The summed E-state index contributed by atoms with van der Waals surface area (Å²) >= 11 is 1.72. The number of aryl methyl sites for hydroxylation is 2. The van der Waals surface area contributed by atoms with E-state index in [4.69, 9.17) is 4.42 Å². The Morgan fingerprint density at radius 1 is 1.09 bits per heavy atom. The van der Waals surface area contributed by atoms with E-state index >= 15 is 0 Å². The molecule has 2 nitrogen and oxygen atoms in total. The van der Waals surface area contributed by atoms with Crippen molar-refractivity contribution in [1.29, 1.82) is 0 Å². The van der Waals surface area contributed by atoms with Crippen molar-refractivity contribution < 1.29 is 107 Å². The Kier molecular flexibility index (Phi) is 7.34. The van der Waals surface area contributed by atoms with E-state index < -0.39 is 0 Å². The number of benzene rings is 2. The Balaban J connectivity index is 0.000000882. The Bertz CT molecular complexity index is 791. The third-order valence-corrected chi connectivity index (χ3v) is 4.67. The van der Waals surface area contributed by atoms with E-state index in [1.807, 2.05) is 12.1 Å². The van der Waals surface area contributed by atoms with Crippen LogP contribution in [0.2, 0.25) is 0 Å². The summed E-state index contributed by atoms with van der Waals surface area (Å²) in [6, 6.07) is 16.6. The van der Waals surface area contributed by atoms with Crippen molar-refractivity contribution in [2.75, 3.05) is 5.32 Å². The maximum absolute atomic E-state index is 6.03. The smallest absolute Gasteiger partial charge is 0.458 e. The summed E-state index contributed by atoms with van der Waals surface area (Å²) < 4.78 is 6.03. The average molecular weight is 358 g/mol. The van der Waals surface area contributed by atoms with Crippen LogP contribution < -0.4 is 108 Å². The van der Waals surface area contributed by atoms with Gasteiger partial charge in [-0.2, -0.15) is 22.3 Å². The average Bonchev–Trinajstić information content (AvgIpc) is 3.01. The molecule has 0 fully saturated rings. The summed E-state index contributed by atoms with van der Waals surface area (Å²) in [5.41, 5.74) is 4.46. The van der Waals surface area contributed by atoms with E-state index in [2.05, 4.69) is 49.5 Å². The zero-order valence-corrected chi connectivity index (χ0v) is 20.3. The molecule has 4 rings (SSSR count). The van der Waals surface area contributed by atoms with Crippen molar-refractivity contribution in [2.24, 2.45) is 0 Å². The molecule has 5 heteroatoms. The molecule has 1 unspecified atom stereocenters. The number of hydrogen-bond acceptors (Lipinski definition) is 3. The first-order chi connectivity index (χ1) is 9.70. The van der Waals surface area contributed by atoms with Gasteiger partial charge in [0, 0.05) is 5.39 Å². The third-order valence-electron chi connectivity index (χ3n) is 3.53. The second kappa shape index (κ2) is 8.19. The van der Waals surface area contributed by atoms with Crippen LogP contribution in [0.4, 0.5) is 5.69 Å². The number of rotatable bonds is 1. The molecule has 1 N–H and O–H groups in total. The summed E-state index contributed by atoms with van der Waals surface area (Å²) in [5.74, 6) is 0.955. The van der Waals surface area contributed by atoms with E-state index in [9.17, 15) is 0 Å². The molecule has 1 atom stereocenters. The quantitative estimate of drug-likeness (QED) is 0.441. The molecule has 3 aromatic rings. The Hall–Kier alpha value is 1.40. The van der Waals surface area contributed by atoms with Gasteiger partial charge in [0.1, 0.15) is 16.7 Å². The van der Waals surface area contributed by atoms with Crippen molar-refractivity contribution in [3.8, 4) is 0 Å². The van der Waals surface area contributed by atoms with Gasteiger partial charge in [-0.25, -0.2) is 0 Å². The summed E-state index contributed by atoms with van der Waals surface area (Å²) in [7, 11) is 0. The van der Waals surface area contributed by atoms with Crippen molar-refractivity contribution in [2.45, 2.75) is 24.1 Å². The predicted octanol–water partition coefficient (Wildman–Crippen LogP) is -1.13. The molecular formula is C17H13K2NOS. The van der Waals surface area contributed by atoms with Gasteiger partial charge in [0.25, 0.3) is 0 Å². The van der Waals surface area contributed by atoms with E-state index in [0.717, 1.165) is 21.9 Å². The van der Waals surface area contributed by atoms with Gasteiger partial charge >= 0.3 is 103 Å². The minimum absolute atomic E-state index is 0. The molecule has 0 bridgehead atoms. The zero-order valence-electron chi connectivity index (χ0n) is 13.3. The number of hydrogen-bond donors (Lipinski definition) is 1. The van der Waals surface area contributed by atoms with Gasteiger partial charge in [-0.05, 0) is 37.1 Å². The maximum Gasteiger partial charge on any atom is 1.00 e. The molecular weight excluding hydrogens is 344 g/mol. The Morgan fingerprint density at radius 2 is 1.86 bits per heavy atom. The van der Waals surface area contributed by atoms with Crippen LogP contribution in [-0.2, 0) is 0 Å². The molecule has 0 aliphatic carbocycles. The molecule has 2 heterocycles. The molecule has 22 heavy (non-hydrogen) atoms. The number of anilines is 1. The predicted molar refractivity (Wildman–Crippen MR) is 82.0 cm³/mol. The first kappa shape index (κ1) is 19.7. The van der Waals surface area contributed by atoms with Crippen molar-refractivity contribution in [3.63, 3.8) is 0 Å². The van der Waals surface area contributed by atoms with Crippen LogP contribution in [0.25, 0.3) is 11.0 Å². The second-order valence-electron chi connectivity index (χ2n) is 5.11. The van der Waals surface area contributed by atoms with Gasteiger partial charge < -0.3 is 15.8 Å². The minimum Gasteiger partial charge on any atom is -0.458 e. The van der Waals surface area contributed by atoms with Crippen molar-refractivity contribution >= 4 is 28.4 Å². The van der Waals surface area contributed by atoms with E-state index in [-0.39, 0.29) is 108 Å². The van der Waals surface area contributed by atoms with Gasteiger partial charge in [0.2, 0.25) is 0 Å². The first-order valence-electron chi connectivity index (χ1n) is 6.57. The van der Waals surface area contributed by atoms with Crippen LogP contribution in [-0.4, -0.2) is 0 Å². The van der Waals surface area contributed by atoms with Crippen LogP contribution >= 0.6 is 11.8 Å². The topological polar surface area (TPSA) is 25.2 Å². The fourth-order valence-corrected chi connectivity index (χ4v) is 3.64. The van der Waals surface area contributed by atoms with Gasteiger partial charge in [-0.15, -0.1) is 0 Å². The number of nitrogens with one attached hydrogen (secondary N) is 1. The number of fused-ring (bicyclic) bond motifs is 2. The van der Waals surface area contributed by atoms with E-state index in [1.165, 1.54) is 16.5 Å². The summed E-state index contributed by atoms with van der Waals surface area (Å²) in [5, 5.41) is 4.72. The van der Waals surface area contributed by atoms with E-state index in [0.29, 0.717) is 0 Å². The van der Waals surface area contributed by atoms with Gasteiger partial charge in [0.15, 0.2) is 0 Å². The van der Waals surface area contributed by atoms with Crippen LogP contribution in [0, 0.1) is 26.0 Å². The molecule has 1 aromatic heterocycles. The molecule has 1 aliphatic heterocycles. The van der Waals surface area contributed by atoms with Crippen LogP contribution in [0.15, 0.2) is 39.6 Å². The van der Waals surface area contributed by atoms with Crippen molar-refractivity contribution in [3.05, 3.63) is 59.4 Å². The Morgan fingerprint density at radius 3 is 2.64 bits per heavy atom. The molecule has 2 aromatic carbocycles. The minimum atomic E-state index is 0. The van der Waals surface area contributed by atoms with Crippen LogP contribution in [0.3, 0.4) is 0 Å². The first-order valence-corrected chi connectivity index (χ1v) is 7.45. The maximum atomic E-state index is 6.03. The third kappa shape index (κ3) is 3.80. The van der Waals surface area contributed by atoms with Gasteiger partial charge in [-0.1, -0.05) is 6.07 Å². The monoisotopic (exact) mass is 357 g/mol.